The van der Waals surface area contributed by atoms with Gasteiger partial charge in [0.1, 0.15) is 5.54 Å². The Morgan fingerprint density at radius 3 is 2.44 bits per heavy atom. The Kier molecular flexibility index (Phi) is 6.13. The second-order valence-electron chi connectivity index (χ2n) is 6.03. The fraction of sp³-hybridized carbons (Fsp3) is 0.933. The van der Waals surface area contributed by atoms with Gasteiger partial charge in [-0.25, -0.2) is 0 Å². The van der Waals surface area contributed by atoms with Crippen LogP contribution in [0.15, 0.2) is 0 Å². The molecule has 0 heterocycles. The van der Waals surface area contributed by atoms with Crippen LogP contribution < -0.4 is 5.32 Å². The van der Waals surface area contributed by atoms with Crippen molar-refractivity contribution in [2.45, 2.75) is 65.3 Å². The fourth-order valence-corrected chi connectivity index (χ4v) is 2.76. The molecule has 3 nitrogen and oxygen atoms in total. The van der Waals surface area contributed by atoms with Gasteiger partial charge in [-0.2, -0.15) is 0 Å². The van der Waals surface area contributed by atoms with E-state index in [-0.39, 0.29) is 5.97 Å². The molecule has 0 spiro atoms. The Hall–Kier alpha value is -0.570. The van der Waals surface area contributed by atoms with Gasteiger partial charge in [0.25, 0.3) is 0 Å². The van der Waals surface area contributed by atoms with E-state index in [9.17, 15) is 4.79 Å². The van der Waals surface area contributed by atoms with E-state index in [1.165, 1.54) is 19.3 Å². The van der Waals surface area contributed by atoms with E-state index in [0.717, 1.165) is 19.4 Å². The molecule has 1 fully saturated rings. The van der Waals surface area contributed by atoms with Gasteiger partial charge >= 0.3 is 5.97 Å². The molecule has 1 saturated carbocycles. The lowest BCUT2D eigenvalue weighted by atomic mass is 9.75. The third-order valence-corrected chi connectivity index (χ3v) is 4.00. The van der Waals surface area contributed by atoms with Crippen LogP contribution in [-0.4, -0.2) is 24.7 Å². The smallest absolute Gasteiger partial charge is 0.326 e. The Balaban J connectivity index is 2.74. The summed E-state index contributed by atoms with van der Waals surface area (Å²) in [5.74, 6) is 0.893. The summed E-state index contributed by atoms with van der Waals surface area (Å²) in [5.41, 5.74) is -0.499. The molecular formula is C15H29NO2. The van der Waals surface area contributed by atoms with Gasteiger partial charge in [-0.05, 0) is 45.1 Å². The number of carbonyl (C=O) groups is 1. The molecule has 18 heavy (non-hydrogen) atoms. The summed E-state index contributed by atoms with van der Waals surface area (Å²) in [4.78, 5) is 12.3. The third kappa shape index (κ3) is 3.98. The van der Waals surface area contributed by atoms with Gasteiger partial charge < -0.3 is 10.1 Å². The monoisotopic (exact) mass is 255 g/mol. The van der Waals surface area contributed by atoms with Crippen LogP contribution >= 0.6 is 0 Å². The highest BCUT2D eigenvalue weighted by atomic mass is 16.5. The highest BCUT2D eigenvalue weighted by molar-refractivity contribution is 5.80. The van der Waals surface area contributed by atoms with Crippen molar-refractivity contribution in [2.24, 2.45) is 11.8 Å². The predicted octanol–water partition coefficient (Wildman–Crippen LogP) is 3.13. The molecule has 1 aliphatic carbocycles. The van der Waals surface area contributed by atoms with Crippen molar-refractivity contribution in [3.05, 3.63) is 0 Å². The number of ether oxygens (including phenoxy) is 1. The van der Waals surface area contributed by atoms with Crippen molar-refractivity contribution in [3.8, 4) is 0 Å². The largest absolute Gasteiger partial charge is 0.465 e. The fourth-order valence-electron chi connectivity index (χ4n) is 2.76. The molecule has 0 saturated heterocycles. The van der Waals surface area contributed by atoms with E-state index in [4.69, 9.17) is 4.74 Å². The first kappa shape index (κ1) is 15.5. The Bertz CT molecular complexity index is 259. The average molecular weight is 255 g/mol. The highest BCUT2D eigenvalue weighted by Gasteiger charge is 2.42. The first-order valence-electron chi connectivity index (χ1n) is 7.43. The molecule has 0 radical (unpaired) electrons. The summed E-state index contributed by atoms with van der Waals surface area (Å²) >= 11 is 0. The van der Waals surface area contributed by atoms with Crippen LogP contribution in [0.3, 0.4) is 0 Å². The maximum absolute atomic E-state index is 12.3. The van der Waals surface area contributed by atoms with Gasteiger partial charge in [0.05, 0.1) is 6.61 Å². The number of hydrogen-bond acceptors (Lipinski definition) is 3. The zero-order valence-corrected chi connectivity index (χ0v) is 12.4. The van der Waals surface area contributed by atoms with E-state index >= 15 is 0 Å². The molecular weight excluding hydrogens is 226 g/mol. The number of hydrogen-bond donors (Lipinski definition) is 1. The Morgan fingerprint density at radius 1 is 1.33 bits per heavy atom. The molecule has 0 bridgehead atoms. The quantitative estimate of drug-likeness (QED) is 0.741. The van der Waals surface area contributed by atoms with Gasteiger partial charge in [-0.3, -0.25) is 4.79 Å². The molecule has 0 amide bonds. The summed E-state index contributed by atoms with van der Waals surface area (Å²) in [7, 11) is 0. The molecule has 3 heteroatoms. The number of rotatable bonds is 6. The minimum atomic E-state index is -0.499. The van der Waals surface area contributed by atoms with Crippen LogP contribution in [0.5, 0.6) is 0 Å². The van der Waals surface area contributed by atoms with Gasteiger partial charge in [-0.15, -0.1) is 0 Å². The first-order chi connectivity index (χ1) is 8.50. The van der Waals surface area contributed by atoms with Crippen LogP contribution in [0, 0.1) is 11.8 Å². The molecule has 0 aromatic heterocycles. The van der Waals surface area contributed by atoms with Crippen LogP contribution in [0.2, 0.25) is 0 Å². The molecule has 1 aliphatic rings. The lowest BCUT2D eigenvalue weighted by Crippen LogP contribution is -2.57. The SMILES string of the molecule is CCOC(=O)C(C)(NCC(C)C)C1CCCCC1. The van der Waals surface area contributed by atoms with Gasteiger partial charge in [0.15, 0.2) is 0 Å². The zero-order chi connectivity index (χ0) is 13.6. The van der Waals surface area contributed by atoms with Crippen LogP contribution in [0.25, 0.3) is 0 Å². The minimum Gasteiger partial charge on any atom is -0.465 e. The van der Waals surface area contributed by atoms with Crippen LogP contribution in [0.4, 0.5) is 0 Å². The summed E-state index contributed by atoms with van der Waals surface area (Å²) in [6, 6.07) is 0. The lowest BCUT2D eigenvalue weighted by molar-refractivity contribution is -0.153. The molecule has 0 aliphatic heterocycles. The van der Waals surface area contributed by atoms with Crippen molar-refractivity contribution < 1.29 is 9.53 Å². The van der Waals surface area contributed by atoms with Crippen LogP contribution in [0.1, 0.15) is 59.8 Å². The summed E-state index contributed by atoms with van der Waals surface area (Å²) < 4.78 is 5.29. The standard InChI is InChI=1S/C15H29NO2/c1-5-18-14(17)15(4,16-11-12(2)3)13-9-7-6-8-10-13/h12-13,16H,5-11H2,1-4H3. The Labute approximate surface area is 112 Å². The van der Waals surface area contributed by atoms with Gasteiger partial charge in [0.2, 0.25) is 0 Å². The minimum absolute atomic E-state index is 0.0717. The molecule has 1 unspecified atom stereocenters. The molecule has 0 aromatic rings. The lowest BCUT2D eigenvalue weighted by Gasteiger charge is -2.39. The van der Waals surface area contributed by atoms with E-state index in [0.29, 0.717) is 18.4 Å². The highest BCUT2D eigenvalue weighted by Crippen LogP contribution is 2.33. The van der Waals surface area contributed by atoms with E-state index in [2.05, 4.69) is 19.2 Å². The maximum Gasteiger partial charge on any atom is 0.326 e. The predicted molar refractivity (Wildman–Crippen MR) is 74.5 cm³/mol. The second kappa shape index (κ2) is 7.13. The molecule has 1 N–H and O–H groups in total. The number of esters is 1. The molecule has 106 valence electrons. The van der Waals surface area contributed by atoms with Crippen molar-refractivity contribution >= 4 is 5.97 Å². The van der Waals surface area contributed by atoms with Gasteiger partial charge in [-0.1, -0.05) is 33.1 Å². The summed E-state index contributed by atoms with van der Waals surface area (Å²) in [5, 5.41) is 3.48. The maximum atomic E-state index is 12.3. The number of nitrogens with one attached hydrogen (secondary N) is 1. The molecule has 1 rings (SSSR count). The van der Waals surface area contributed by atoms with E-state index in [1.807, 2.05) is 13.8 Å². The second-order valence-corrected chi connectivity index (χ2v) is 6.03. The van der Waals surface area contributed by atoms with Crippen LogP contribution in [-0.2, 0) is 9.53 Å². The first-order valence-corrected chi connectivity index (χ1v) is 7.43. The van der Waals surface area contributed by atoms with Crippen molar-refractivity contribution in [2.75, 3.05) is 13.2 Å². The molecule has 0 aromatic carbocycles. The van der Waals surface area contributed by atoms with Gasteiger partial charge in [0, 0.05) is 0 Å². The van der Waals surface area contributed by atoms with Crippen molar-refractivity contribution in [3.63, 3.8) is 0 Å². The third-order valence-electron chi connectivity index (χ3n) is 4.00. The molecule has 1 atom stereocenters. The number of carbonyl (C=O) groups excluding carboxylic acids is 1. The zero-order valence-electron chi connectivity index (χ0n) is 12.4. The topological polar surface area (TPSA) is 38.3 Å². The van der Waals surface area contributed by atoms with E-state index in [1.54, 1.807) is 0 Å². The summed E-state index contributed by atoms with van der Waals surface area (Å²) in [6.07, 6.45) is 6.06. The van der Waals surface area contributed by atoms with Crippen molar-refractivity contribution in [1.29, 1.82) is 0 Å². The summed E-state index contributed by atoms with van der Waals surface area (Å²) in [6.45, 7) is 9.57. The normalized spacial score (nSPS) is 20.7. The average Bonchev–Trinajstić information content (AvgIpc) is 2.37. The van der Waals surface area contributed by atoms with Crippen molar-refractivity contribution in [1.82, 2.24) is 5.32 Å². The Morgan fingerprint density at radius 2 is 1.94 bits per heavy atom. The van der Waals surface area contributed by atoms with E-state index < -0.39 is 5.54 Å².